The summed E-state index contributed by atoms with van der Waals surface area (Å²) in [5, 5.41) is 0. The van der Waals surface area contributed by atoms with Crippen LogP contribution in [0.25, 0.3) is 0 Å². The first kappa shape index (κ1) is 52.1. The highest BCUT2D eigenvalue weighted by molar-refractivity contribution is 5.72. The molecule has 2 aromatic carbocycles. The van der Waals surface area contributed by atoms with Gasteiger partial charge in [-0.15, -0.1) is 0 Å². The minimum atomic E-state index is -2.35. The minimum Gasteiger partial charge on any atom is -0.491 e. The Morgan fingerprint density at radius 2 is 0.763 bits per heavy atom. The quantitative estimate of drug-likeness (QED) is 0.0169. The Morgan fingerprint density at radius 3 is 1.17 bits per heavy atom. The van der Waals surface area contributed by atoms with E-state index in [1.54, 1.807) is 0 Å². The van der Waals surface area contributed by atoms with Crippen molar-refractivity contribution in [3.05, 3.63) is 58.9 Å². The number of rotatable bonds is 40. The van der Waals surface area contributed by atoms with E-state index >= 15 is 0 Å². The average Bonchev–Trinajstić information content (AvgIpc) is 3.24. The molecule has 2 aromatic rings. The summed E-state index contributed by atoms with van der Waals surface area (Å²) in [5.74, 6) is -13.3. The van der Waals surface area contributed by atoms with Gasteiger partial charge in [-0.3, -0.25) is 4.79 Å². The summed E-state index contributed by atoms with van der Waals surface area (Å²) in [6.45, 7) is 9.13. The number of carbonyl (C=O) groups is 1. The zero-order valence-electron chi connectivity index (χ0n) is 34.4. The number of ether oxygens (including phenoxy) is 11. The van der Waals surface area contributed by atoms with Crippen molar-refractivity contribution in [1.82, 2.24) is 0 Å². The van der Waals surface area contributed by atoms with E-state index in [0.29, 0.717) is 99.1 Å². The van der Waals surface area contributed by atoms with Gasteiger partial charge in [0.15, 0.2) is 0 Å². The molecule has 0 aliphatic heterocycles. The van der Waals surface area contributed by atoms with Crippen molar-refractivity contribution in [1.29, 1.82) is 0 Å². The molecule has 12 nitrogen and oxygen atoms in total. The number of esters is 1. The SMILES string of the molecule is CCCCCCCCCc1ccc(OCCOCCOCCOCCOCCOCCOCCOCCOCCOCCC(=O)Oc2c(F)c(F)c(F)c(F)c2F)cc1. The van der Waals surface area contributed by atoms with Gasteiger partial charge in [-0.25, -0.2) is 13.2 Å². The van der Waals surface area contributed by atoms with E-state index in [4.69, 9.17) is 47.4 Å². The van der Waals surface area contributed by atoms with Gasteiger partial charge in [0, 0.05) is 0 Å². The van der Waals surface area contributed by atoms with E-state index in [9.17, 15) is 26.7 Å². The normalized spacial score (nSPS) is 11.4. The minimum absolute atomic E-state index is 0.0812. The number of unbranched alkanes of at least 4 members (excludes halogenated alkanes) is 6. The molecule has 0 saturated heterocycles. The van der Waals surface area contributed by atoms with Crippen LogP contribution in [0.3, 0.4) is 0 Å². The molecule has 2 rings (SSSR count). The Balaban J connectivity index is 1.22. The lowest BCUT2D eigenvalue weighted by molar-refractivity contribution is -0.136. The zero-order valence-corrected chi connectivity index (χ0v) is 34.4. The maximum atomic E-state index is 13.6. The molecule has 0 fully saturated rings. The molecule has 0 bridgehead atoms. The van der Waals surface area contributed by atoms with Crippen LogP contribution in [-0.2, 0) is 53.8 Å². The largest absolute Gasteiger partial charge is 0.491 e. The summed E-state index contributed by atoms with van der Waals surface area (Å²) in [7, 11) is 0. The predicted molar refractivity (Wildman–Crippen MR) is 207 cm³/mol. The molecule has 0 N–H and O–H groups in total. The number of benzene rings is 2. The maximum absolute atomic E-state index is 13.6. The van der Waals surface area contributed by atoms with Crippen LogP contribution in [-0.4, -0.2) is 132 Å². The van der Waals surface area contributed by atoms with E-state index in [2.05, 4.69) is 23.8 Å². The fourth-order valence-electron chi connectivity index (χ4n) is 5.11. The summed E-state index contributed by atoms with van der Waals surface area (Å²) in [4.78, 5) is 11.7. The molecule has 59 heavy (non-hydrogen) atoms. The molecular weight excluding hydrogens is 791 g/mol. The summed E-state index contributed by atoms with van der Waals surface area (Å²) in [6, 6.07) is 8.36. The Kier molecular flexibility index (Phi) is 31.6. The Morgan fingerprint density at radius 1 is 0.424 bits per heavy atom. The van der Waals surface area contributed by atoms with E-state index in [0.717, 1.165) is 12.2 Å². The molecule has 0 atom stereocenters. The van der Waals surface area contributed by atoms with Crippen LogP contribution in [0, 0.1) is 29.1 Å². The molecule has 0 radical (unpaired) electrons. The van der Waals surface area contributed by atoms with Crippen LogP contribution < -0.4 is 9.47 Å². The van der Waals surface area contributed by atoms with Crippen molar-refractivity contribution >= 4 is 5.97 Å². The third kappa shape index (κ3) is 26.1. The van der Waals surface area contributed by atoms with E-state index in [1.807, 2.05) is 12.1 Å². The molecular formula is C42H63F5O12. The summed E-state index contributed by atoms with van der Waals surface area (Å²) in [5.41, 5.74) is 1.36. The Hall–Kier alpha value is -3.00. The van der Waals surface area contributed by atoms with Crippen LogP contribution in [0.1, 0.15) is 63.9 Å². The molecule has 0 aliphatic rings. The molecule has 0 unspecified atom stereocenters. The molecule has 0 aromatic heterocycles. The molecule has 0 heterocycles. The van der Waals surface area contributed by atoms with E-state index < -0.39 is 47.2 Å². The van der Waals surface area contributed by atoms with Crippen LogP contribution in [0.5, 0.6) is 11.5 Å². The van der Waals surface area contributed by atoms with Gasteiger partial charge in [0.05, 0.1) is 125 Å². The molecule has 17 heteroatoms. The fourth-order valence-corrected chi connectivity index (χ4v) is 5.11. The summed E-state index contributed by atoms with van der Waals surface area (Å²) < 4.78 is 125. The smallest absolute Gasteiger partial charge is 0.313 e. The van der Waals surface area contributed by atoms with Crippen molar-refractivity contribution in [3.8, 4) is 11.5 Å². The average molecular weight is 855 g/mol. The number of carbonyl (C=O) groups excluding carboxylic acids is 1. The van der Waals surface area contributed by atoms with Gasteiger partial charge in [-0.05, 0) is 30.5 Å². The number of hydrogen-bond donors (Lipinski definition) is 0. The van der Waals surface area contributed by atoms with Crippen LogP contribution in [0.4, 0.5) is 22.0 Å². The second-order valence-electron chi connectivity index (χ2n) is 13.0. The molecule has 0 amide bonds. The number of halogens is 5. The third-order valence-corrected chi connectivity index (χ3v) is 8.30. The van der Waals surface area contributed by atoms with Crippen LogP contribution >= 0.6 is 0 Å². The highest BCUT2D eigenvalue weighted by atomic mass is 19.2. The monoisotopic (exact) mass is 854 g/mol. The van der Waals surface area contributed by atoms with E-state index in [1.165, 1.54) is 50.5 Å². The van der Waals surface area contributed by atoms with Gasteiger partial charge < -0.3 is 52.1 Å². The van der Waals surface area contributed by atoms with Crippen molar-refractivity contribution < 1.29 is 78.9 Å². The van der Waals surface area contributed by atoms with Crippen LogP contribution in [0.15, 0.2) is 24.3 Å². The first-order chi connectivity index (χ1) is 28.8. The van der Waals surface area contributed by atoms with Gasteiger partial charge in [-0.2, -0.15) is 8.78 Å². The Bertz CT molecular complexity index is 1310. The first-order valence-corrected chi connectivity index (χ1v) is 20.5. The van der Waals surface area contributed by atoms with Gasteiger partial charge in [0.2, 0.25) is 34.8 Å². The standard InChI is InChI=1S/C42H63F5O12/c1-2-3-4-5-6-7-8-9-34-10-12-35(13-11-34)58-33-32-57-31-30-56-29-28-55-27-26-54-25-24-53-23-22-52-21-20-51-19-18-50-17-16-49-15-14-36(48)59-42-40(46)38(44)37(43)39(45)41(42)47/h10-13H,2-9,14-33H2,1H3. The van der Waals surface area contributed by atoms with Gasteiger partial charge >= 0.3 is 5.97 Å². The predicted octanol–water partition coefficient (Wildman–Crippen LogP) is 7.20. The highest BCUT2D eigenvalue weighted by Crippen LogP contribution is 2.29. The van der Waals surface area contributed by atoms with E-state index in [-0.39, 0.29) is 26.4 Å². The molecule has 0 saturated carbocycles. The fraction of sp³-hybridized carbons (Fsp3) is 0.690. The highest BCUT2D eigenvalue weighted by Gasteiger charge is 2.28. The second kappa shape index (κ2) is 35.7. The molecule has 0 spiro atoms. The summed E-state index contributed by atoms with van der Waals surface area (Å²) >= 11 is 0. The van der Waals surface area contributed by atoms with Gasteiger partial charge in [0.25, 0.3) is 0 Å². The topological polar surface area (TPSA) is 119 Å². The molecule has 338 valence electrons. The van der Waals surface area contributed by atoms with Crippen molar-refractivity contribution in [2.45, 2.75) is 64.7 Å². The van der Waals surface area contributed by atoms with Crippen molar-refractivity contribution in [2.75, 3.05) is 126 Å². The summed E-state index contributed by atoms with van der Waals surface area (Å²) in [6.07, 6.45) is 9.88. The lowest BCUT2D eigenvalue weighted by Crippen LogP contribution is -2.16. The maximum Gasteiger partial charge on any atom is 0.313 e. The number of hydrogen-bond acceptors (Lipinski definition) is 12. The zero-order chi connectivity index (χ0) is 42.6. The van der Waals surface area contributed by atoms with Crippen LogP contribution in [0.2, 0.25) is 0 Å². The van der Waals surface area contributed by atoms with Crippen molar-refractivity contribution in [3.63, 3.8) is 0 Å². The Labute approximate surface area is 345 Å². The van der Waals surface area contributed by atoms with Gasteiger partial charge in [0.1, 0.15) is 12.4 Å². The van der Waals surface area contributed by atoms with Crippen molar-refractivity contribution in [2.24, 2.45) is 0 Å². The van der Waals surface area contributed by atoms with Gasteiger partial charge in [-0.1, -0.05) is 57.6 Å². The third-order valence-electron chi connectivity index (χ3n) is 8.30. The lowest BCUT2D eigenvalue weighted by Gasteiger charge is -2.09. The molecule has 0 aliphatic carbocycles. The first-order valence-electron chi connectivity index (χ1n) is 20.5. The number of aryl methyl sites for hydroxylation is 1. The second-order valence-corrected chi connectivity index (χ2v) is 13.0. The lowest BCUT2D eigenvalue weighted by atomic mass is 10.0.